The van der Waals surface area contributed by atoms with Crippen LogP contribution in [0.3, 0.4) is 0 Å². The van der Waals surface area contributed by atoms with Gasteiger partial charge in [-0.05, 0) is 70.4 Å². The van der Waals surface area contributed by atoms with E-state index in [1.807, 2.05) is 0 Å². The van der Waals surface area contributed by atoms with Crippen molar-refractivity contribution in [3.63, 3.8) is 0 Å². The van der Waals surface area contributed by atoms with Gasteiger partial charge >= 0.3 is 5.97 Å². The summed E-state index contributed by atoms with van der Waals surface area (Å²) in [5.41, 5.74) is 0. The molecule has 0 radical (unpaired) electrons. The maximum absolute atomic E-state index is 11.6. The third kappa shape index (κ3) is 11.8. The van der Waals surface area contributed by atoms with E-state index in [1.165, 1.54) is 0 Å². The molecule has 7 heteroatoms. The van der Waals surface area contributed by atoms with Gasteiger partial charge in [-0.15, -0.1) is 10.1 Å². The Bertz CT molecular complexity index is 420. The molecule has 0 bridgehead atoms. The van der Waals surface area contributed by atoms with Crippen LogP contribution < -0.4 is 0 Å². The first kappa shape index (κ1) is 22.4. The number of allylic oxidation sites excluding steroid dienone is 2. The molecule has 0 aromatic rings. The Morgan fingerprint density at radius 1 is 1.19 bits per heavy atom. The molecule has 0 aromatic heterocycles. The van der Waals surface area contributed by atoms with Crippen molar-refractivity contribution in [3.05, 3.63) is 22.3 Å². The molecular formula is C19H34N2O5. The van der Waals surface area contributed by atoms with Gasteiger partial charge in [0.05, 0.1) is 13.2 Å². The van der Waals surface area contributed by atoms with Gasteiger partial charge in [-0.1, -0.05) is 19.1 Å². The van der Waals surface area contributed by atoms with Crippen molar-refractivity contribution in [3.8, 4) is 0 Å². The van der Waals surface area contributed by atoms with E-state index < -0.39 is 5.09 Å². The van der Waals surface area contributed by atoms with E-state index in [0.717, 1.165) is 71.0 Å². The summed E-state index contributed by atoms with van der Waals surface area (Å²) in [7, 11) is 0. The van der Waals surface area contributed by atoms with E-state index >= 15 is 0 Å². The van der Waals surface area contributed by atoms with Gasteiger partial charge in [0.1, 0.15) is 0 Å². The molecule has 0 unspecified atom stereocenters. The van der Waals surface area contributed by atoms with Crippen LogP contribution in [0.2, 0.25) is 0 Å². The highest BCUT2D eigenvalue weighted by atomic mass is 16.9. The minimum Gasteiger partial charge on any atom is -0.466 e. The first-order valence-corrected chi connectivity index (χ1v) is 9.92. The number of rotatable bonds is 14. The Morgan fingerprint density at radius 3 is 2.65 bits per heavy atom. The fourth-order valence-electron chi connectivity index (χ4n) is 3.20. The number of likely N-dealkylation sites (tertiary alicyclic amines) is 1. The van der Waals surface area contributed by atoms with E-state index in [0.29, 0.717) is 18.9 Å². The lowest BCUT2D eigenvalue weighted by atomic mass is 9.92. The molecule has 1 fully saturated rings. The van der Waals surface area contributed by atoms with Crippen LogP contribution in [-0.2, 0) is 14.4 Å². The predicted octanol–water partition coefficient (Wildman–Crippen LogP) is 3.76. The standard InChI is InChI=1S/C19H34N2O5/c1-2-3-4-5-6-10-19(22)25-16-8-13-20-14-11-18(12-15-20)9-7-17-26-21(23)24/h3-4,18H,2,5-17H2,1H3/b4-3-. The first-order chi connectivity index (χ1) is 12.6. The Hall–Kier alpha value is -1.63. The third-order valence-electron chi connectivity index (χ3n) is 4.70. The van der Waals surface area contributed by atoms with Crippen LogP contribution in [0, 0.1) is 16.0 Å². The Balaban J connectivity index is 1.95. The van der Waals surface area contributed by atoms with Crippen molar-refractivity contribution in [1.29, 1.82) is 0 Å². The highest BCUT2D eigenvalue weighted by Gasteiger charge is 2.18. The largest absolute Gasteiger partial charge is 0.466 e. The van der Waals surface area contributed by atoms with Crippen LogP contribution in [0.4, 0.5) is 0 Å². The van der Waals surface area contributed by atoms with Crippen molar-refractivity contribution < 1.29 is 19.5 Å². The van der Waals surface area contributed by atoms with Crippen LogP contribution in [0.5, 0.6) is 0 Å². The predicted molar refractivity (Wildman–Crippen MR) is 100 cm³/mol. The number of esters is 1. The molecule has 1 rings (SSSR count). The van der Waals surface area contributed by atoms with Gasteiger partial charge in [0, 0.05) is 13.0 Å². The molecule has 7 nitrogen and oxygen atoms in total. The van der Waals surface area contributed by atoms with Crippen LogP contribution in [0.15, 0.2) is 12.2 Å². The van der Waals surface area contributed by atoms with E-state index in [4.69, 9.17) is 4.74 Å². The number of carbonyl (C=O) groups excluding carboxylic acids is 1. The number of ether oxygens (including phenoxy) is 1. The van der Waals surface area contributed by atoms with E-state index in [2.05, 4.69) is 28.8 Å². The molecular weight excluding hydrogens is 336 g/mol. The maximum atomic E-state index is 11.6. The third-order valence-corrected chi connectivity index (χ3v) is 4.70. The van der Waals surface area contributed by atoms with Gasteiger partial charge < -0.3 is 14.5 Å². The Kier molecular flexibility index (Phi) is 12.5. The summed E-state index contributed by atoms with van der Waals surface area (Å²) in [5, 5.41) is 9.37. The molecule has 0 aromatic carbocycles. The second-order valence-corrected chi connectivity index (χ2v) is 6.83. The Morgan fingerprint density at radius 2 is 1.96 bits per heavy atom. The summed E-state index contributed by atoms with van der Waals surface area (Å²) in [4.78, 5) is 28.5. The highest BCUT2D eigenvalue weighted by molar-refractivity contribution is 5.69. The smallest absolute Gasteiger partial charge is 0.305 e. The van der Waals surface area contributed by atoms with Gasteiger partial charge in [-0.3, -0.25) is 4.79 Å². The Labute approximate surface area is 156 Å². The number of nitrogens with zero attached hydrogens (tertiary/aromatic N) is 2. The van der Waals surface area contributed by atoms with Crippen molar-refractivity contribution in [1.82, 2.24) is 4.90 Å². The minimum absolute atomic E-state index is 0.0921. The van der Waals surface area contributed by atoms with Crippen LogP contribution in [0.1, 0.15) is 64.7 Å². The molecule has 1 heterocycles. The summed E-state index contributed by atoms with van der Waals surface area (Å²) < 4.78 is 5.29. The van der Waals surface area contributed by atoms with Gasteiger partial charge in [-0.2, -0.15) is 0 Å². The summed E-state index contributed by atoms with van der Waals surface area (Å²) in [6.07, 6.45) is 12.4. The van der Waals surface area contributed by atoms with Crippen molar-refractivity contribution in [2.45, 2.75) is 64.7 Å². The number of piperidine rings is 1. The summed E-state index contributed by atoms with van der Waals surface area (Å²) in [6, 6.07) is 0. The summed E-state index contributed by atoms with van der Waals surface area (Å²) >= 11 is 0. The quantitative estimate of drug-likeness (QED) is 0.152. The molecule has 0 aliphatic carbocycles. The number of unbranched alkanes of at least 4 members (excludes halogenated alkanes) is 1. The molecule has 0 spiro atoms. The molecule has 26 heavy (non-hydrogen) atoms. The lowest BCUT2D eigenvalue weighted by molar-refractivity contribution is -0.757. The van der Waals surface area contributed by atoms with E-state index in [9.17, 15) is 14.9 Å². The monoisotopic (exact) mass is 370 g/mol. The molecule has 0 saturated carbocycles. The molecule has 1 aliphatic heterocycles. The van der Waals surface area contributed by atoms with Crippen molar-refractivity contribution in [2.24, 2.45) is 5.92 Å². The molecule has 0 atom stereocenters. The molecule has 1 aliphatic rings. The fraction of sp³-hybridized carbons (Fsp3) is 0.842. The topological polar surface area (TPSA) is 81.9 Å². The lowest BCUT2D eigenvalue weighted by Gasteiger charge is -2.31. The van der Waals surface area contributed by atoms with Gasteiger partial charge in [-0.25, -0.2) is 0 Å². The van der Waals surface area contributed by atoms with Crippen LogP contribution in [0.25, 0.3) is 0 Å². The zero-order valence-electron chi connectivity index (χ0n) is 16.1. The highest BCUT2D eigenvalue weighted by Crippen LogP contribution is 2.21. The number of hydrogen-bond acceptors (Lipinski definition) is 6. The zero-order valence-corrected chi connectivity index (χ0v) is 16.1. The number of carbonyl (C=O) groups is 1. The maximum Gasteiger partial charge on any atom is 0.305 e. The molecule has 150 valence electrons. The van der Waals surface area contributed by atoms with Gasteiger partial charge in [0.15, 0.2) is 0 Å². The van der Waals surface area contributed by atoms with E-state index in [1.54, 1.807) is 0 Å². The van der Waals surface area contributed by atoms with Crippen LogP contribution >= 0.6 is 0 Å². The second-order valence-electron chi connectivity index (χ2n) is 6.83. The summed E-state index contributed by atoms with van der Waals surface area (Å²) in [6.45, 7) is 5.87. The average molecular weight is 370 g/mol. The van der Waals surface area contributed by atoms with Crippen molar-refractivity contribution >= 4 is 5.97 Å². The molecule has 0 amide bonds. The lowest BCUT2D eigenvalue weighted by Crippen LogP contribution is -2.35. The molecule has 0 N–H and O–H groups in total. The van der Waals surface area contributed by atoms with Gasteiger partial charge in [0.25, 0.3) is 5.09 Å². The first-order valence-electron chi connectivity index (χ1n) is 9.92. The average Bonchev–Trinajstić information content (AvgIpc) is 2.63. The van der Waals surface area contributed by atoms with E-state index in [-0.39, 0.29) is 12.6 Å². The molecule has 1 saturated heterocycles. The van der Waals surface area contributed by atoms with Crippen LogP contribution in [-0.4, -0.2) is 48.8 Å². The van der Waals surface area contributed by atoms with Gasteiger partial charge in [0.2, 0.25) is 0 Å². The van der Waals surface area contributed by atoms with Crippen molar-refractivity contribution in [2.75, 3.05) is 32.8 Å². The number of hydrogen-bond donors (Lipinski definition) is 0. The normalized spacial score (nSPS) is 16.0. The minimum atomic E-state index is -0.723. The zero-order chi connectivity index (χ0) is 19.0. The SMILES string of the molecule is CC/C=C\CCCC(=O)OCCCN1CCC(CCCO[N+](=O)[O-])CC1. The second kappa shape index (κ2) is 14.5. The summed E-state index contributed by atoms with van der Waals surface area (Å²) in [5.74, 6) is 0.548. The fourth-order valence-corrected chi connectivity index (χ4v) is 3.20.